The highest BCUT2D eigenvalue weighted by molar-refractivity contribution is 5.77. The van der Waals surface area contributed by atoms with Gasteiger partial charge in [-0.05, 0) is 62.4 Å². The van der Waals surface area contributed by atoms with Crippen LogP contribution in [-0.2, 0) is 17.5 Å². The van der Waals surface area contributed by atoms with Gasteiger partial charge < -0.3 is 15.4 Å². The number of tetrazole rings is 1. The monoisotopic (exact) mass is 448 g/mol. The van der Waals surface area contributed by atoms with Crippen LogP contribution in [0.1, 0.15) is 26.3 Å². The van der Waals surface area contributed by atoms with Gasteiger partial charge in [-0.2, -0.15) is 18.0 Å². The molecule has 1 heterocycles. The molecule has 0 saturated carbocycles. The van der Waals surface area contributed by atoms with E-state index in [-0.39, 0.29) is 13.2 Å². The molecule has 3 aromatic rings. The molecule has 0 spiro atoms. The minimum atomic E-state index is -4.39. The predicted molar refractivity (Wildman–Crippen MR) is 112 cm³/mol. The Balaban J connectivity index is 1.66. The first-order valence-corrected chi connectivity index (χ1v) is 9.78. The second-order valence-corrected chi connectivity index (χ2v) is 7.97. The average Bonchev–Trinajstić information content (AvgIpc) is 3.15. The topological polar surface area (TPSA) is 94.0 Å². The number of aromatic nitrogens is 4. The third kappa shape index (κ3) is 6.43. The van der Waals surface area contributed by atoms with Crippen molar-refractivity contribution in [3.05, 3.63) is 54.1 Å². The fraction of sp³-hybridized carbons (Fsp3) is 0.333. The molecule has 0 aliphatic rings. The highest BCUT2D eigenvalue weighted by atomic mass is 19.4. The molecule has 0 aliphatic heterocycles. The molecule has 0 unspecified atom stereocenters. The second kappa shape index (κ2) is 9.25. The zero-order valence-corrected chi connectivity index (χ0v) is 17.8. The molecule has 1 aromatic heterocycles. The molecule has 11 heteroatoms. The standard InChI is InChI=1S/C21H23F3N6O2/c1-20(2,3)26-19(31)32-13-12-30-28-18(27-29-30)16-6-4-5-7-17(16)25-15-10-8-14(9-11-15)21(22,23)24/h4-11,25H,12-13H2,1-3H3,(H,26,31). The molecule has 3 rings (SSSR count). The van der Waals surface area contributed by atoms with E-state index in [1.807, 2.05) is 20.8 Å². The Hall–Kier alpha value is -3.63. The fourth-order valence-corrected chi connectivity index (χ4v) is 2.69. The van der Waals surface area contributed by atoms with Crippen molar-refractivity contribution in [1.29, 1.82) is 0 Å². The van der Waals surface area contributed by atoms with Gasteiger partial charge in [-0.3, -0.25) is 0 Å². The van der Waals surface area contributed by atoms with Crippen molar-refractivity contribution in [1.82, 2.24) is 25.5 Å². The molecule has 0 saturated heterocycles. The number of halogens is 3. The van der Waals surface area contributed by atoms with E-state index in [9.17, 15) is 18.0 Å². The first-order valence-electron chi connectivity index (χ1n) is 9.78. The van der Waals surface area contributed by atoms with Crippen LogP contribution in [0.25, 0.3) is 11.4 Å². The van der Waals surface area contributed by atoms with Crippen LogP contribution in [0.5, 0.6) is 0 Å². The lowest BCUT2D eigenvalue weighted by atomic mass is 10.1. The van der Waals surface area contributed by atoms with Crippen molar-refractivity contribution in [2.75, 3.05) is 11.9 Å². The number of anilines is 2. The first-order chi connectivity index (χ1) is 15.0. The average molecular weight is 448 g/mol. The lowest BCUT2D eigenvalue weighted by Gasteiger charge is -2.19. The summed E-state index contributed by atoms with van der Waals surface area (Å²) in [6.07, 6.45) is -4.93. The van der Waals surface area contributed by atoms with Crippen molar-refractivity contribution < 1.29 is 22.7 Å². The number of hydrogen-bond donors (Lipinski definition) is 2. The third-order valence-corrected chi connectivity index (χ3v) is 4.11. The Labute approximate surface area is 182 Å². The van der Waals surface area contributed by atoms with Gasteiger partial charge in [0.2, 0.25) is 5.82 Å². The van der Waals surface area contributed by atoms with Gasteiger partial charge in [0.25, 0.3) is 0 Å². The van der Waals surface area contributed by atoms with Gasteiger partial charge in [0.15, 0.2) is 0 Å². The van der Waals surface area contributed by atoms with Crippen molar-refractivity contribution in [2.45, 2.75) is 39.0 Å². The number of benzene rings is 2. The van der Waals surface area contributed by atoms with Crippen LogP contribution in [0.2, 0.25) is 0 Å². The Morgan fingerprint density at radius 2 is 1.75 bits per heavy atom. The minimum Gasteiger partial charge on any atom is -0.448 e. The Morgan fingerprint density at radius 3 is 2.41 bits per heavy atom. The Kier molecular flexibility index (Phi) is 6.66. The number of nitrogens with one attached hydrogen (secondary N) is 2. The van der Waals surface area contributed by atoms with Gasteiger partial charge in [-0.25, -0.2) is 4.79 Å². The van der Waals surface area contributed by atoms with Crippen LogP contribution in [-0.4, -0.2) is 38.4 Å². The highest BCUT2D eigenvalue weighted by Gasteiger charge is 2.30. The van der Waals surface area contributed by atoms with E-state index in [0.29, 0.717) is 22.8 Å². The lowest BCUT2D eigenvalue weighted by Crippen LogP contribution is -2.41. The van der Waals surface area contributed by atoms with E-state index in [1.165, 1.54) is 16.9 Å². The number of para-hydroxylation sites is 1. The quantitative estimate of drug-likeness (QED) is 0.571. The maximum Gasteiger partial charge on any atom is 0.416 e. The summed E-state index contributed by atoms with van der Waals surface area (Å²) >= 11 is 0. The fourth-order valence-electron chi connectivity index (χ4n) is 2.69. The lowest BCUT2D eigenvalue weighted by molar-refractivity contribution is -0.137. The molecule has 1 amide bonds. The molecule has 2 N–H and O–H groups in total. The Bertz CT molecular complexity index is 1060. The molecule has 0 atom stereocenters. The zero-order valence-electron chi connectivity index (χ0n) is 17.8. The third-order valence-electron chi connectivity index (χ3n) is 4.11. The minimum absolute atomic E-state index is 0.0587. The Morgan fingerprint density at radius 1 is 1.06 bits per heavy atom. The number of ether oxygens (including phenoxy) is 1. The van der Waals surface area contributed by atoms with E-state index >= 15 is 0 Å². The normalized spacial score (nSPS) is 11.8. The molecular formula is C21H23F3N6O2. The van der Waals surface area contributed by atoms with Crippen molar-refractivity contribution >= 4 is 17.5 Å². The number of hydrogen-bond acceptors (Lipinski definition) is 6. The largest absolute Gasteiger partial charge is 0.448 e. The molecule has 2 aromatic carbocycles. The van der Waals surface area contributed by atoms with Crippen LogP contribution >= 0.6 is 0 Å². The number of alkyl halides is 3. The van der Waals surface area contributed by atoms with Crippen LogP contribution in [0, 0.1) is 0 Å². The number of nitrogens with zero attached hydrogens (tertiary/aromatic N) is 4. The highest BCUT2D eigenvalue weighted by Crippen LogP contribution is 2.32. The molecule has 0 bridgehead atoms. The SMILES string of the molecule is CC(C)(C)NC(=O)OCCn1nnc(-c2ccccc2Nc2ccc(C(F)(F)F)cc2)n1. The van der Waals surface area contributed by atoms with Gasteiger partial charge in [0.1, 0.15) is 6.61 Å². The van der Waals surface area contributed by atoms with Crippen LogP contribution in [0.15, 0.2) is 48.5 Å². The van der Waals surface area contributed by atoms with Crippen molar-refractivity contribution in [3.63, 3.8) is 0 Å². The van der Waals surface area contributed by atoms with E-state index in [4.69, 9.17) is 4.74 Å². The summed E-state index contributed by atoms with van der Waals surface area (Å²) in [5.74, 6) is 0.319. The summed E-state index contributed by atoms with van der Waals surface area (Å²) in [5.41, 5.74) is 0.576. The molecule has 0 fully saturated rings. The smallest absolute Gasteiger partial charge is 0.416 e. The van der Waals surface area contributed by atoms with Gasteiger partial charge >= 0.3 is 12.3 Å². The summed E-state index contributed by atoms with van der Waals surface area (Å²) in [7, 11) is 0. The molecule has 8 nitrogen and oxygen atoms in total. The maximum absolute atomic E-state index is 12.8. The molecule has 32 heavy (non-hydrogen) atoms. The number of rotatable bonds is 6. The van der Waals surface area contributed by atoms with Crippen molar-refractivity contribution in [2.24, 2.45) is 0 Å². The summed E-state index contributed by atoms with van der Waals surface area (Å²) in [6.45, 7) is 5.79. The van der Waals surface area contributed by atoms with Gasteiger partial charge in [0, 0.05) is 22.5 Å². The number of amides is 1. The van der Waals surface area contributed by atoms with E-state index in [2.05, 4.69) is 26.0 Å². The summed E-state index contributed by atoms with van der Waals surface area (Å²) < 4.78 is 43.4. The maximum atomic E-state index is 12.8. The molecule has 0 radical (unpaired) electrons. The zero-order chi connectivity index (χ0) is 23.4. The van der Waals surface area contributed by atoms with Crippen LogP contribution < -0.4 is 10.6 Å². The second-order valence-electron chi connectivity index (χ2n) is 7.97. The number of alkyl carbamates (subject to hydrolysis) is 1. The number of carbonyl (C=O) groups excluding carboxylic acids is 1. The van der Waals surface area contributed by atoms with Gasteiger partial charge in [-0.1, -0.05) is 12.1 Å². The van der Waals surface area contributed by atoms with E-state index in [0.717, 1.165) is 12.1 Å². The summed E-state index contributed by atoms with van der Waals surface area (Å²) in [5, 5.41) is 18.0. The number of carbonyl (C=O) groups is 1. The van der Waals surface area contributed by atoms with Crippen LogP contribution in [0.3, 0.4) is 0 Å². The molecular weight excluding hydrogens is 425 g/mol. The summed E-state index contributed by atoms with van der Waals surface area (Å²) in [6, 6.07) is 11.8. The first kappa shape index (κ1) is 23.0. The predicted octanol–water partition coefficient (Wildman–Crippen LogP) is 4.63. The molecule has 0 aliphatic carbocycles. The van der Waals surface area contributed by atoms with Crippen molar-refractivity contribution in [3.8, 4) is 11.4 Å². The van der Waals surface area contributed by atoms with Gasteiger partial charge in [-0.15, -0.1) is 10.2 Å². The van der Waals surface area contributed by atoms with Gasteiger partial charge in [0.05, 0.1) is 12.1 Å². The molecule has 170 valence electrons. The van der Waals surface area contributed by atoms with E-state index in [1.54, 1.807) is 24.3 Å². The van der Waals surface area contributed by atoms with Crippen LogP contribution in [0.4, 0.5) is 29.3 Å². The van der Waals surface area contributed by atoms with E-state index < -0.39 is 23.4 Å². The summed E-state index contributed by atoms with van der Waals surface area (Å²) in [4.78, 5) is 13.0.